The molecule has 150 valence electrons. The summed E-state index contributed by atoms with van der Waals surface area (Å²) in [5.74, 6) is 1.83. The second kappa shape index (κ2) is 7.20. The fourth-order valence-electron chi connectivity index (χ4n) is 3.83. The van der Waals surface area contributed by atoms with Gasteiger partial charge in [-0.1, -0.05) is 0 Å². The summed E-state index contributed by atoms with van der Waals surface area (Å²) >= 11 is 1.52. The lowest BCUT2D eigenvalue weighted by Gasteiger charge is -2.36. The Balaban J connectivity index is 1.49. The number of anilines is 1. The summed E-state index contributed by atoms with van der Waals surface area (Å²) in [5.41, 5.74) is 3.92. The van der Waals surface area contributed by atoms with E-state index in [1.165, 1.54) is 29.0 Å². The minimum atomic E-state index is -0.256. The van der Waals surface area contributed by atoms with Gasteiger partial charge in [-0.15, -0.1) is 11.3 Å². The summed E-state index contributed by atoms with van der Waals surface area (Å²) in [6.45, 7) is 1.10. The molecule has 29 heavy (non-hydrogen) atoms. The number of nitrogens with zero attached hydrogens (tertiary/aromatic N) is 2. The van der Waals surface area contributed by atoms with Crippen molar-refractivity contribution in [3.63, 3.8) is 0 Å². The Labute approximate surface area is 171 Å². The van der Waals surface area contributed by atoms with Crippen LogP contribution in [0.5, 0.6) is 17.2 Å². The molecule has 0 saturated heterocycles. The number of aromatic nitrogens is 1. The fraction of sp³-hybridized carbons (Fsp3) is 0.286. The summed E-state index contributed by atoms with van der Waals surface area (Å²) < 4.78 is 30.2. The monoisotopic (exact) mass is 413 g/mol. The zero-order valence-electron chi connectivity index (χ0n) is 16.1. The first-order chi connectivity index (χ1) is 14.1. The molecule has 3 heterocycles. The van der Waals surface area contributed by atoms with Gasteiger partial charge in [-0.05, 0) is 49.4 Å². The molecule has 2 aliphatic heterocycles. The maximum Gasteiger partial charge on any atom is 0.231 e. The van der Waals surface area contributed by atoms with Gasteiger partial charge >= 0.3 is 0 Å². The molecule has 0 radical (unpaired) electrons. The number of benzene rings is 2. The highest BCUT2D eigenvalue weighted by molar-refractivity contribution is 7.14. The number of hydrogen-bond acceptors (Lipinski definition) is 7. The Kier molecular flexibility index (Phi) is 4.52. The lowest BCUT2D eigenvalue weighted by atomic mass is 9.95. The van der Waals surface area contributed by atoms with Gasteiger partial charge in [0.15, 0.2) is 16.6 Å². The largest absolute Gasteiger partial charge is 0.492 e. The first-order valence-corrected chi connectivity index (χ1v) is 10.2. The molecule has 1 atom stereocenters. The van der Waals surface area contributed by atoms with Crippen molar-refractivity contribution in [3.05, 3.63) is 52.7 Å². The Morgan fingerprint density at radius 2 is 2.10 bits per heavy atom. The van der Waals surface area contributed by atoms with Crippen LogP contribution >= 0.6 is 11.3 Å². The molecule has 1 unspecified atom stereocenters. The zero-order chi connectivity index (χ0) is 20.0. The van der Waals surface area contributed by atoms with Crippen LogP contribution in [0.15, 0.2) is 35.7 Å². The number of thiazole rings is 1. The summed E-state index contributed by atoms with van der Waals surface area (Å²) in [4.78, 5) is 6.93. The van der Waals surface area contributed by atoms with E-state index >= 15 is 0 Å². The third-order valence-corrected chi connectivity index (χ3v) is 6.07. The molecule has 0 aliphatic carbocycles. The Hall–Kier alpha value is -2.84. The molecule has 5 rings (SSSR count). The first kappa shape index (κ1) is 18.2. The van der Waals surface area contributed by atoms with Crippen molar-refractivity contribution >= 4 is 16.5 Å². The molecule has 0 spiro atoms. The molecule has 0 amide bonds. The minimum Gasteiger partial charge on any atom is -0.492 e. The Bertz CT molecular complexity index is 1050. The standard InChI is InChI=1S/C21H20FN3O3S/c1-25-8-7-13-9-16-18(28-11-27-16)19(26-2)17(13)20(25)24-21-23-15(10-29-21)12-3-5-14(22)6-4-12/h3-6,9-10,20H,7-8,11H2,1-2H3,(H,23,24). The van der Waals surface area contributed by atoms with Gasteiger partial charge in [0.1, 0.15) is 12.0 Å². The van der Waals surface area contributed by atoms with Crippen LogP contribution in [-0.4, -0.2) is 37.4 Å². The number of nitrogens with one attached hydrogen (secondary N) is 1. The highest BCUT2D eigenvalue weighted by atomic mass is 32.1. The average Bonchev–Trinajstić information content (AvgIpc) is 3.38. The third-order valence-electron chi connectivity index (χ3n) is 5.30. The van der Waals surface area contributed by atoms with Gasteiger partial charge in [-0.2, -0.15) is 0 Å². The second-order valence-corrected chi connectivity index (χ2v) is 7.90. The quantitative estimate of drug-likeness (QED) is 0.689. The third kappa shape index (κ3) is 3.18. The van der Waals surface area contributed by atoms with Gasteiger partial charge in [-0.3, -0.25) is 4.90 Å². The highest BCUT2D eigenvalue weighted by Crippen LogP contribution is 2.49. The maximum atomic E-state index is 13.2. The summed E-state index contributed by atoms with van der Waals surface area (Å²) in [5, 5.41) is 6.29. The van der Waals surface area contributed by atoms with Gasteiger partial charge in [0.05, 0.1) is 12.8 Å². The van der Waals surface area contributed by atoms with Gasteiger partial charge in [0.25, 0.3) is 0 Å². The van der Waals surface area contributed by atoms with Crippen LogP contribution in [0.1, 0.15) is 17.3 Å². The normalized spacial score (nSPS) is 17.8. The lowest BCUT2D eigenvalue weighted by molar-refractivity contribution is 0.170. The minimum absolute atomic E-state index is 0.115. The van der Waals surface area contributed by atoms with Crippen LogP contribution in [-0.2, 0) is 6.42 Å². The van der Waals surface area contributed by atoms with E-state index in [9.17, 15) is 4.39 Å². The van der Waals surface area contributed by atoms with Crippen LogP contribution in [0.2, 0.25) is 0 Å². The van der Waals surface area contributed by atoms with Crippen molar-refractivity contribution in [2.45, 2.75) is 12.6 Å². The number of hydrogen-bond donors (Lipinski definition) is 1. The predicted molar refractivity (Wildman–Crippen MR) is 109 cm³/mol. The van der Waals surface area contributed by atoms with Crippen LogP contribution in [0, 0.1) is 5.82 Å². The van der Waals surface area contributed by atoms with Gasteiger partial charge < -0.3 is 19.5 Å². The van der Waals surface area contributed by atoms with Crippen molar-refractivity contribution in [2.75, 3.05) is 32.8 Å². The van der Waals surface area contributed by atoms with E-state index in [0.29, 0.717) is 11.5 Å². The summed E-state index contributed by atoms with van der Waals surface area (Å²) in [6.07, 6.45) is 0.783. The van der Waals surface area contributed by atoms with Crippen molar-refractivity contribution in [1.29, 1.82) is 0 Å². The van der Waals surface area contributed by atoms with Crippen molar-refractivity contribution in [1.82, 2.24) is 9.88 Å². The molecule has 0 fully saturated rings. The van der Waals surface area contributed by atoms with Gasteiger partial charge in [-0.25, -0.2) is 9.37 Å². The molecule has 1 aromatic heterocycles. The van der Waals surface area contributed by atoms with Crippen LogP contribution in [0.3, 0.4) is 0 Å². The summed E-state index contributed by atoms with van der Waals surface area (Å²) in [7, 11) is 3.72. The van der Waals surface area contributed by atoms with Crippen molar-refractivity contribution in [3.8, 4) is 28.5 Å². The Morgan fingerprint density at radius 3 is 2.90 bits per heavy atom. The molecule has 2 aromatic carbocycles. The van der Waals surface area contributed by atoms with Crippen molar-refractivity contribution in [2.24, 2.45) is 0 Å². The number of fused-ring (bicyclic) bond motifs is 2. The van der Waals surface area contributed by atoms with Crippen molar-refractivity contribution < 1.29 is 18.6 Å². The molecular formula is C21H20FN3O3S. The molecule has 3 aromatic rings. The van der Waals surface area contributed by atoms with E-state index in [2.05, 4.69) is 17.3 Å². The number of ether oxygens (including phenoxy) is 3. The van der Waals surface area contributed by atoms with Gasteiger partial charge in [0, 0.05) is 23.1 Å². The van der Waals surface area contributed by atoms with Crippen LogP contribution in [0.4, 0.5) is 9.52 Å². The number of methoxy groups -OCH3 is 1. The van der Waals surface area contributed by atoms with E-state index in [1.807, 2.05) is 11.4 Å². The van der Waals surface area contributed by atoms with Crippen LogP contribution < -0.4 is 19.5 Å². The SMILES string of the molecule is COc1c2c(cc3c1C(Nc1nc(-c4ccc(F)cc4)cs1)N(C)CC3)OCO2. The zero-order valence-corrected chi connectivity index (χ0v) is 16.9. The number of rotatable bonds is 4. The molecule has 1 N–H and O–H groups in total. The van der Waals surface area contributed by atoms with E-state index in [-0.39, 0.29) is 18.8 Å². The van der Waals surface area contributed by atoms with E-state index in [1.54, 1.807) is 19.2 Å². The number of halogens is 1. The van der Waals surface area contributed by atoms with E-state index in [4.69, 9.17) is 19.2 Å². The van der Waals surface area contributed by atoms with E-state index < -0.39 is 0 Å². The number of likely N-dealkylation sites (N-methyl/N-ethyl adjacent to an activating group) is 1. The first-order valence-electron chi connectivity index (χ1n) is 9.31. The molecular weight excluding hydrogens is 393 g/mol. The molecule has 2 aliphatic rings. The highest BCUT2D eigenvalue weighted by Gasteiger charge is 2.34. The maximum absolute atomic E-state index is 13.2. The van der Waals surface area contributed by atoms with E-state index in [0.717, 1.165) is 40.7 Å². The molecule has 0 bridgehead atoms. The Morgan fingerprint density at radius 1 is 1.28 bits per heavy atom. The molecule has 8 heteroatoms. The smallest absolute Gasteiger partial charge is 0.231 e. The predicted octanol–water partition coefficient (Wildman–Crippen LogP) is 4.29. The fourth-order valence-corrected chi connectivity index (χ4v) is 4.57. The lowest BCUT2D eigenvalue weighted by Crippen LogP contribution is -2.37. The van der Waals surface area contributed by atoms with Gasteiger partial charge in [0.2, 0.25) is 12.5 Å². The molecule has 6 nitrogen and oxygen atoms in total. The van der Waals surface area contributed by atoms with Crippen LogP contribution in [0.25, 0.3) is 11.3 Å². The second-order valence-electron chi connectivity index (χ2n) is 7.04. The molecule has 0 saturated carbocycles. The average molecular weight is 413 g/mol. The topological polar surface area (TPSA) is 55.9 Å². The summed E-state index contributed by atoms with van der Waals surface area (Å²) in [6, 6.07) is 8.41.